The molecule has 0 saturated carbocycles. The normalized spacial score (nSPS) is 18.9. The number of nitrogens with two attached hydrogens (primary N) is 1. The van der Waals surface area contributed by atoms with Crippen LogP contribution in [0.4, 0.5) is 0 Å². The molecule has 0 aliphatic carbocycles. The molecule has 1 aliphatic rings. The number of rotatable bonds is 6. The average Bonchev–Trinajstić information content (AvgIpc) is 2.90. The fraction of sp³-hybridized carbons (Fsp3) is 0.571. The van der Waals surface area contributed by atoms with Gasteiger partial charge >= 0.3 is 0 Å². The molecule has 0 amide bonds. The first kappa shape index (κ1) is 13.2. The smallest absolute Gasteiger partial charge is 0.164 e. The van der Waals surface area contributed by atoms with Gasteiger partial charge in [-0.1, -0.05) is 12.1 Å². The molecule has 0 radical (unpaired) electrons. The van der Waals surface area contributed by atoms with E-state index in [0.717, 1.165) is 42.9 Å². The van der Waals surface area contributed by atoms with Crippen molar-refractivity contribution in [2.45, 2.75) is 25.4 Å². The van der Waals surface area contributed by atoms with E-state index in [9.17, 15) is 0 Å². The van der Waals surface area contributed by atoms with Gasteiger partial charge in [0, 0.05) is 6.42 Å². The van der Waals surface area contributed by atoms with Crippen molar-refractivity contribution in [2.24, 2.45) is 5.73 Å². The highest BCUT2D eigenvalue weighted by Crippen LogP contribution is 2.33. The summed E-state index contributed by atoms with van der Waals surface area (Å²) < 4.78 is 16.8. The predicted molar refractivity (Wildman–Crippen MR) is 70.2 cm³/mol. The first-order chi connectivity index (χ1) is 8.85. The topological polar surface area (TPSA) is 53.7 Å². The minimum absolute atomic E-state index is 0.137. The lowest BCUT2D eigenvalue weighted by molar-refractivity contribution is 0.138. The second-order valence-corrected chi connectivity index (χ2v) is 4.44. The van der Waals surface area contributed by atoms with Crippen LogP contribution in [-0.2, 0) is 11.2 Å². The standard InChI is InChI=1S/C14H21NO3/c1-16-13-6-2-4-11(5-3-8-15)14(13)18-12-7-9-17-10-12/h2,4,6,12H,3,5,7-10,15H2,1H3. The molecule has 18 heavy (non-hydrogen) atoms. The van der Waals surface area contributed by atoms with Crippen molar-refractivity contribution in [3.05, 3.63) is 23.8 Å². The van der Waals surface area contributed by atoms with Crippen molar-refractivity contribution in [3.8, 4) is 11.5 Å². The molecular formula is C14H21NO3. The van der Waals surface area contributed by atoms with Gasteiger partial charge in [-0.05, 0) is 31.0 Å². The van der Waals surface area contributed by atoms with Crippen LogP contribution in [0.3, 0.4) is 0 Å². The van der Waals surface area contributed by atoms with Crippen molar-refractivity contribution in [1.29, 1.82) is 0 Å². The number of para-hydroxylation sites is 1. The lowest BCUT2D eigenvalue weighted by Crippen LogP contribution is -2.17. The van der Waals surface area contributed by atoms with Gasteiger partial charge in [0.2, 0.25) is 0 Å². The van der Waals surface area contributed by atoms with Gasteiger partial charge in [0.15, 0.2) is 11.5 Å². The minimum atomic E-state index is 0.137. The first-order valence-electron chi connectivity index (χ1n) is 6.45. The van der Waals surface area contributed by atoms with Crippen LogP contribution in [0.5, 0.6) is 11.5 Å². The quantitative estimate of drug-likeness (QED) is 0.837. The van der Waals surface area contributed by atoms with Crippen molar-refractivity contribution in [3.63, 3.8) is 0 Å². The third-order valence-corrected chi connectivity index (χ3v) is 3.10. The summed E-state index contributed by atoms with van der Waals surface area (Å²) in [7, 11) is 1.67. The number of hydrogen-bond acceptors (Lipinski definition) is 4. The van der Waals surface area contributed by atoms with Crippen LogP contribution < -0.4 is 15.2 Å². The summed E-state index contributed by atoms with van der Waals surface area (Å²) in [6.45, 7) is 2.12. The van der Waals surface area contributed by atoms with Crippen LogP contribution in [0.15, 0.2) is 18.2 Å². The van der Waals surface area contributed by atoms with Gasteiger partial charge in [0.1, 0.15) is 6.10 Å². The Morgan fingerprint density at radius 2 is 2.33 bits per heavy atom. The number of aryl methyl sites for hydroxylation is 1. The van der Waals surface area contributed by atoms with Crippen LogP contribution >= 0.6 is 0 Å². The maximum absolute atomic E-state index is 6.03. The van der Waals surface area contributed by atoms with Crippen LogP contribution in [0.25, 0.3) is 0 Å². The molecule has 1 saturated heterocycles. The molecule has 0 aromatic heterocycles. The van der Waals surface area contributed by atoms with E-state index in [0.29, 0.717) is 13.2 Å². The molecule has 1 aromatic carbocycles. The maximum Gasteiger partial charge on any atom is 0.164 e. The summed E-state index contributed by atoms with van der Waals surface area (Å²) in [5, 5.41) is 0. The molecule has 2 N–H and O–H groups in total. The fourth-order valence-corrected chi connectivity index (χ4v) is 2.12. The van der Waals surface area contributed by atoms with Crippen molar-refractivity contribution >= 4 is 0 Å². The second kappa shape index (κ2) is 6.61. The van der Waals surface area contributed by atoms with Crippen molar-refractivity contribution < 1.29 is 14.2 Å². The van der Waals surface area contributed by atoms with E-state index in [1.165, 1.54) is 0 Å². The summed E-state index contributed by atoms with van der Waals surface area (Å²) >= 11 is 0. The third kappa shape index (κ3) is 3.15. The Bertz CT molecular complexity index is 375. The monoisotopic (exact) mass is 251 g/mol. The Hall–Kier alpha value is -1.26. The second-order valence-electron chi connectivity index (χ2n) is 4.44. The van der Waals surface area contributed by atoms with Crippen molar-refractivity contribution in [1.82, 2.24) is 0 Å². The lowest BCUT2D eigenvalue weighted by Gasteiger charge is -2.18. The predicted octanol–water partition coefficient (Wildman–Crippen LogP) is 1.75. The zero-order valence-corrected chi connectivity index (χ0v) is 10.9. The molecule has 1 heterocycles. The van der Waals surface area contributed by atoms with E-state index in [2.05, 4.69) is 6.07 Å². The van der Waals surface area contributed by atoms with E-state index < -0.39 is 0 Å². The maximum atomic E-state index is 6.03. The van der Waals surface area contributed by atoms with Gasteiger partial charge < -0.3 is 19.9 Å². The summed E-state index contributed by atoms with van der Waals surface area (Å²) in [5.41, 5.74) is 6.73. The zero-order valence-electron chi connectivity index (χ0n) is 10.9. The molecule has 4 heteroatoms. The average molecular weight is 251 g/mol. The van der Waals surface area contributed by atoms with Crippen LogP contribution in [0.1, 0.15) is 18.4 Å². The van der Waals surface area contributed by atoms with E-state index in [1.807, 2.05) is 12.1 Å². The molecular weight excluding hydrogens is 230 g/mol. The highest BCUT2D eigenvalue weighted by Gasteiger charge is 2.20. The lowest BCUT2D eigenvalue weighted by atomic mass is 10.1. The largest absolute Gasteiger partial charge is 0.493 e. The van der Waals surface area contributed by atoms with E-state index in [-0.39, 0.29) is 6.10 Å². The molecule has 0 spiro atoms. The molecule has 1 atom stereocenters. The third-order valence-electron chi connectivity index (χ3n) is 3.10. The van der Waals surface area contributed by atoms with Gasteiger partial charge in [-0.2, -0.15) is 0 Å². The summed E-state index contributed by atoms with van der Waals surface area (Å²) in [5.74, 6) is 1.64. The summed E-state index contributed by atoms with van der Waals surface area (Å²) in [4.78, 5) is 0. The summed E-state index contributed by atoms with van der Waals surface area (Å²) in [6.07, 6.45) is 2.94. The molecule has 100 valence electrons. The van der Waals surface area contributed by atoms with Gasteiger partial charge in [0.25, 0.3) is 0 Å². The number of hydrogen-bond donors (Lipinski definition) is 1. The molecule has 1 unspecified atom stereocenters. The fourth-order valence-electron chi connectivity index (χ4n) is 2.12. The highest BCUT2D eigenvalue weighted by atomic mass is 16.6. The van der Waals surface area contributed by atoms with E-state index in [1.54, 1.807) is 7.11 Å². The SMILES string of the molecule is COc1cccc(CCCN)c1OC1CCOC1. The van der Waals surface area contributed by atoms with Gasteiger partial charge in [0.05, 0.1) is 20.3 Å². The Labute approximate surface area is 108 Å². The van der Waals surface area contributed by atoms with Crippen LogP contribution in [-0.4, -0.2) is 33.0 Å². The molecule has 4 nitrogen and oxygen atoms in total. The van der Waals surface area contributed by atoms with E-state index in [4.69, 9.17) is 19.9 Å². The van der Waals surface area contributed by atoms with Crippen LogP contribution in [0, 0.1) is 0 Å². The van der Waals surface area contributed by atoms with Gasteiger partial charge in [-0.25, -0.2) is 0 Å². The zero-order chi connectivity index (χ0) is 12.8. The van der Waals surface area contributed by atoms with Gasteiger partial charge in [-0.15, -0.1) is 0 Å². The Kier molecular flexibility index (Phi) is 4.84. The molecule has 1 aliphatic heterocycles. The highest BCUT2D eigenvalue weighted by molar-refractivity contribution is 5.46. The van der Waals surface area contributed by atoms with Crippen molar-refractivity contribution in [2.75, 3.05) is 26.9 Å². The van der Waals surface area contributed by atoms with E-state index >= 15 is 0 Å². The number of methoxy groups -OCH3 is 1. The van der Waals surface area contributed by atoms with Gasteiger partial charge in [-0.3, -0.25) is 0 Å². The minimum Gasteiger partial charge on any atom is -0.493 e. The molecule has 1 aromatic rings. The van der Waals surface area contributed by atoms with Crippen LogP contribution in [0.2, 0.25) is 0 Å². The summed E-state index contributed by atoms with van der Waals surface area (Å²) in [6, 6.07) is 5.99. The Balaban J connectivity index is 2.16. The Morgan fingerprint density at radius 3 is 3.00 bits per heavy atom. The number of ether oxygens (including phenoxy) is 3. The molecule has 2 rings (SSSR count). The Morgan fingerprint density at radius 1 is 1.44 bits per heavy atom. The molecule has 1 fully saturated rings. The first-order valence-corrected chi connectivity index (χ1v) is 6.45. The molecule has 0 bridgehead atoms. The number of benzene rings is 1.